The van der Waals surface area contributed by atoms with Crippen LogP contribution in [0.4, 0.5) is 0 Å². The summed E-state index contributed by atoms with van der Waals surface area (Å²) in [5.74, 6) is 0.896. The molecular formula is C12H24N2O. The Labute approximate surface area is 93.0 Å². The molecule has 2 N–H and O–H groups in total. The maximum absolute atomic E-state index is 11.8. The fraction of sp³-hybridized carbons (Fsp3) is 0.917. The van der Waals surface area contributed by atoms with Crippen LogP contribution in [-0.2, 0) is 4.79 Å². The average molecular weight is 212 g/mol. The van der Waals surface area contributed by atoms with Crippen LogP contribution in [0.15, 0.2) is 0 Å². The van der Waals surface area contributed by atoms with Gasteiger partial charge in [0, 0.05) is 26.6 Å². The van der Waals surface area contributed by atoms with Crippen LogP contribution in [0.3, 0.4) is 0 Å². The lowest BCUT2D eigenvalue weighted by Gasteiger charge is -2.20. The molecule has 15 heavy (non-hydrogen) atoms. The molecule has 0 aromatic rings. The van der Waals surface area contributed by atoms with E-state index in [1.807, 2.05) is 7.05 Å². The first-order chi connectivity index (χ1) is 7.24. The second-order valence-corrected chi connectivity index (χ2v) is 4.67. The quantitative estimate of drug-likeness (QED) is 0.722. The van der Waals surface area contributed by atoms with Crippen LogP contribution in [0.1, 0.15) is 44.9 Å². The molecule has 0 atom stereocenters. The summed E-state index contributed by atoms with van der Waals surface area (Å²) in [6.07, 6.45) is 8.52. The highest BCUT2D eigenvalue weighted by Crippen LogP contribution is 2.25. The Kier molecular flexibility index (Phi) is 5.69. The summed E-state index contributed by atoms with van der Waals surface area (Å²) in [6, 6.07) is 0. The number of amides is 1. The second kappa shape index (κ2) is 6.83. The third kappa shape index (κ3) is 4.65. The summed E-state index contributed by atoms with van der Waals surface area (Å²) < 4.78 is 0. The lowest BCUT2D eigenvalue weighted by Crippen LogP contribution is -2.32. The molecule has 0 spiro atoms. The van der Waals surface area contributed by atoms with Crippen molar-refractivity contribution in [2.45, 2.75) is 44.9 Å². The minimum atomic E-state index is 0.271. The van der Waals surface area contributed by atoms with Crippen molar-refractivity contribution in [3.63, 3.8) is 0 Å². The van der Waals surface area contributed by atoms with E-state index in [0.29, 0.717) is 19.0 Å². The van der Waals surface area contributed by atoms with E-state index in [-0.39, 0.29) is 5.91 Å². The molecule has 1 fully saturated rings. The molecule has 0 aromatic heterocycles. The van der Waals surface area contributed by atoms with Crippen molar-refractivity contribution in [1.82, 2.24) is 4.90 Å². The van der Waals surface area contributed by atoms with Crippen molar-refractivity contribution in [3.05, 3.63) is 0 Å². The molecule has 0 aliphatic heterocycles. The summed E-state index contributed by atoms with van der Waals surface area (Å²) in [5, 5.41) is 0. The number of carbonyl (C=O) groups excluding carboxylic acids is 1. The summed E-state index contributed by atoms with van der Waals surface area (Å²) in [7, 11) is 1.85. The number of nitrogens with two attached hydrogens (primary N) is 1. The number of likely N-dealkylation sites (N-methyl/N-ethyl adjacent to an activating group) is 1. The van der Waals surface area contributed by atoms with Crippen LogP contribution in [-0.4, -0.2) is 30.9 Å². The highest BCUT2D eigenvalue weighted by molar-refractivity contribution is 5.76. The number of hydrogen-bond acceptors (Lipinski definition) is 2. The van der Waals surface area contributed by atoms with E-state index in [1.165, 1.54) is 38.5 Å². The maximum Gasteiger partial charge on any atom is 0.222 e. The highest BCUT2D eigenvalue weighted by Gasteiger charge is 2.17. The lowest BCUT2D eigenvalue weighted by atomic mass is 9.96. The monoisotopic (exact) mass is 212 g/mol. The van der Waals surface area contributed by atoms with Crippen molar-refractivity contribution < 1.29 is 4.79 Å². The van der Waals surface area contributed by atoms with Crippen LogP contribution < -0.4 is 5.73 Å². The maximum atomic E-state index is 11.8. The largest absolute Gasteiger partial charge is 0.344 e. The van der Waals surface area contributed by atoms with Gasteiger partial charge in [-0.2, -0.15) is 0 Å². The summed E-state index contributed by atoms with van der Waals surface area (Å²) in [4.78, 5) is 13.6. The van der Waals surface area contributed by atoms with E-state index < -0.39 is 0 Å². The molecule has 1 amide bonds. The predicted octanol–water partition coefficient (Wildman–Crippen LogP) is 1.76. The van der Waals surface area contributed by atoms with Gasteiger partial charge in [0.2, 0.25) is 5.91 Å². The van der Waals surface area contributed by atoms with Gasteiger partial charge in [-0.05, 0) is 18.8 Å². The molecule has 0 unspecified atom stereocenters. The molecule has 1 saturated carbocycles. The van der Waals surface area contributed by atoms with Gasteiger partial charge in [-0.15, -0.1) is 0 Å². The van der Waals surface area contributed by atoms with Gasteiger partial charge >= 0.3 is 0 Å². The third-order valence-electron chi connectivity index (χ3n) is 3.33. The summed E-state index contributed by atoms with van der Waals surface area (Å²) in [6.45, 7) is 1.25. The van der Waals surface area contributed by atoms with Gasteiger partial charge in [-0.1, -0.05) is 25.7 Å². The van der Waals surface area contributed by atoms with Crippen molar-refractivity contribution >= 4 is 5.91 Å². The molecule has 0 aromatic carbocycles. The number of nitrogens with zero attached hydrogens (tertiary/aromatic N) is 1. The van der Waals surface area contributed by atoms with Crippen LogP contribution >= 0.6 is 0 Å². The van der Waals surface area contributed by atoms with Crippen LogP contribution in [0, 0.1) is 5.92 Å². The van der Waals surface area contributed by atoms with Crippen molar-refractivity contribution in [2.75, 3.05) is 20.1 Å². The topological polar surface area (TPSA) is 46.3 Å². The van der Waals surface area contributed by atoms with E-state index >= 15 is 0 Å². The highest BCUT2D eigenvalue weighted by atomic mass is 16.2. The number of hydrogen-bond donors (Lipinski definition) is 1. The Balaban J connectivity index is 2.28. The molecule has 1 rings (SSSR count). The Morgan fingerprint density at radius 3 is 2.40 bits per heavy atom. The molecule has 0 saturated heterocycles. The molecule has 3 nitrogen and oxygen atoms in total. The minimum Gasteiger partial charge on any atom is -0.344 e. The minimum absolute atomic E-state index is 0.271. The fourth-order valence-electron chi connectivity index (χ4n) is 2.29. The molecule has 0 heterocycles. The summed E-state index contributed by atoms with van der Waals surface area (Å²) >= 11 is 0. The molecule has 88 valence electrons. The molecule has 1 aliphatic rings. The Morgan fingerprint density at radius 2 is 1.87 bits per heavy atom. The molecule has 0 bridgehead atoms. The van der Waals surface area contributed by atoms with Gasteiger partial charge in [-0.25, -0.2) is 0 Å². The van der Waals surface area contributed by atoms with E-state index in [1.54, 1.807) is 4.90 Å². The zero-order valence-electron chi connectivity index (χ0n) is 9.87. The van der Waals surface area contributed by atoms with Gasteiger partial charge < -0.3 is 10.6 Å². The van der Waals surface area contributed by atoms with Crippen molar-refractivity contribution in [2.24, 2.45) is 11.7 Å². The molecule has 0 radical (unpaired) electrons. The Bertz CT molecular complexity index is 186. The normalized spacial score (nSPS) is 18.5. The fourth-order valence-corrected chi connectivity index (χ4v) is 2.29. The third-order valence-corrected chi connectivity index (χ3v) is 3.33. The van der Waals surface area contributed by atoms with Crippen molar-refractivity contribution in [1.29, 1.82) is 0 Å². The molecular weight excluding hydrogens is 188 g/mol. The first-order valence-corrected chi connectivity index (χ1v) is 6.18. The van der Waals surface area contributed by atoms with Gasteiger partial charge in [-0.3, -0.25) is 4.79 Å². The van der Waals surface area contributed by atoms with Gasteiger partial charge in [0.15, 0.2) is 0 Å². The Morgan fingerprint density at radius 1 is 1.27 bits per heavy atom. The van der Waals surface area contributed by atoms with Crippen LogP contribution in [0.25, 0.3) is 0 Å². The zero-order valence-corrected chi connectivity index (χ0v) is 9.87. The standard InChI is InChI=1S/C12H24N2O/c1-14(9-8-13)12(15)10-11-6-4-2-3-5-7-11/h11H,2-10,13H2,1H3. The SMILES string of the molecule is CN(CCN)C(=O)CC1CCCCCC1. The van der Waals surface area contributed by atoms with E-state index in [4.69, 9.17) is 5.73 Å². The van der Waals surface area contributed by atoms with E-state index in [2.05, 4.69) is 0 Å². The smallest absolute Gasteiger partial charge is 0.222 e. The van der Waals surface area contributed by atoms with Crippen LogP contribution in [0.2, 0.25) is 0 Å². The second-order valence-electron chi connectivity index (χ2n) is 4.67. The Hall–Kier alpha value is -0.570. The van der Waals surface area contributed by atoms with Crippen molar-refractivity contribution in [3.8, 4) is 0 Å². The zero-order chi connectivity index (χ0) is 11.1. The average Bonchev–Trinajstić information content (AvgIpc) is 2.46. The molecule has 3 heteroatoms. The van der Waals surface area contributed by atoms with E-state index in [9.17, 15) is 4.79 Å². The molecule has 1 aliphatic carbocycles. The number of rotatable bonds is 4. The van der Waals surface area contributed by atoms with Crippen LogP contribution in [0.5, 0.6) is 0 Å². The lowest BCUT2D eigenvalue weighted by molar-refractivity contribution is -0.130. The van der Waals surface area contributed by atoms with Gasteiger partial charge in [0.05, 0.1) is 0 Å². The first kappa shape index (κ1) is 12.5. The van der Waals surface area contributed by atoms with E-state index in [0.717, 1.165) is 6.42 Å². The van der Waals surface area contributed by atoms with Gasteiger partial charge in [0.1, 0.15) is 0 Å². The number of carbonyl (C=O) groups is 1. The summed E-state index contributed by atoms with van der Waals surface area (Å²) in [5.41, 5.74) is 5.43. The predicted molar refractivity (Wildman–Crippen MR) is 62.5 cm³/mol. The first-order valence-electron chi connectivity index (χ1n) is 6.18. The van der Waals surface area contributed by atoms with Gasteiger partial charge in [0.25, 0.3) is 0 Å².